The average molecular weight is 332 g/mol. The second-order valence-corrected chi connectivity index (χ2v) is 7.19. The number of rotatable bonds is 0. The first-order chi connectivity index (χ1) is 12.7. The molecule has 0 amide bonds. The maximum Gasteiger partial charge on any atom is -0.00963 e. The molecule has 0 heterocycles. The summed E-state index contributed by atoms with van der Waals surface area (Å²) in [6.45, 7) is 4.34. The molecule has 4 aromatic carbocycles. The Labute approximate surface area is 154 Å². The van der Waals surface area contributed by atoms with Gasteiger partial charge in [-0.1, -0.05) is 96.1 Å². The van der Waals surface area contributed by atoms with Crippen LogP contribution in [0.15, 0.2) is 84.9 Å². The van der Waals surface area contributed by atoms with Crippen LogP contribution >= 0.6 is 0 Å². The van der Waals surface area contributed by atoms with Crippen LogP contribution in [0.4, 0.5) is 0 Å². The fraction of sp³-hybridized carbons (Fsp3) is 0.0769. The van der Waals surface area contributed by atoms with Crippen LogP contribution in [0.1, 0.15) is 11.1 Å². The summed E-state index contributed by atoms with van der Waals surface area (Å²) in [5.41, 5.74) is 13.1. The predicted octanol–water partition coefficient (Wildman–Crippen LogP) is 7.28. The van der Waals surface area contributed by atoms with Crippen molar-refractivity contribution in [1.29, 1.82) is 0 Å². The number of aryl methyl sites for hydroxylation is 2. The minimum absolute atomic E-state index is 1.29. The smallest absolute Gasteiger partial charge is 0.00963 e. The van der Waals surface area contributed by atoms with Crippen LogP contribution in [-0.2, 0) is 0 Å². The largest absolute Gasteiger partial charge is 0.0616 e. The Morgan fingerprint density at radius 2 is 0.654 bits per heavy atom. The van der Waals surface area contributed by atoms with E-state index in [4.69, 9.17) is 0 Å². The lowest BCUT2D eigenvalue weighted by Gasteiger charge is -2.23. The van der Waals surface area contributed by atoms with E-state index in [1.54, 1.807) is 0 Å². The Bertz CT molecular complexity index is 1060. The zero-order valence-corrected chi connectivity index (χ0v) is 15.1. The SMILES string of the molecule is Cc1ccc2c(c1)-c1ccccc1-c1ccc(C)cc1-c1ccccc1-2. The molecular formula is C26H20. The molecule has 1 aliphatic rings. The fourth-order valence-electron chi connectivity index (χ4n) is 4.14. The maximum atomic E-state index is 2.32. The van der Waals surface area contributed by atoms with E-state index in [9.17, 15) is 0 Å². The van der Waals surface area contributed by atoms with Crippen molar-refractivity contribution < 1.29 is 0 Å². The molecule has 0 saturated carbocycles. The van der Waals surface area contributed by atoms with Gasteiger partial charge in [-0.25, -0.2) is 0 Å². The molecule has 0 bridgehead atoms. The van der Waals surface area contributed by atoms with Gasteiger partial charge in [0.05, 0.1) is 0 Å². The van der Waals surface area contributed by atoms with Gasteiger partial charge in [-0.2, -0.15) is 0 Å². The molecule has 0 nitrogen and oxygen atoms in total. The Morgan fingerprint density at radius 3 is 1.04 bits per heavy atom. The lowest BCUT2D eigenvalue weighted by molar-refractivity contribution is 1.43. The zero-order valence-electron chi connectivity index (χ0n) is 15.1. The number of fused-ring (bicyclic) bond motifs is 8. The second kappa shape index (κ2) is 5.71. The highest BCUT2D eigenvalue weighted by Gasteiger charge is 2.21. The average Bonchev–Trinajstić information content (AvgIpc) is 2.67. The first-order valence-corrected chi connectivity index (χ1v) is 9.13. The molecule has 4 aromatic rings. The summed E-state index contributed by atoms with van der Waals surface area (Å²) in [5.74, 6) is 0. The van der Waals surface area contributed by atoms with Crippen LogP contribution in [0.3, 0.4) is 0 Å². The number of benzene rings is 4. The molecule has 5 rings (SSSR count). The van der Waals surface area contributed by atoms with Crippen molar-refractivity contribution in [1.82, 2.24) is 0 Å². The lowest BCUT2D eigenvalue weighted by atomic mass is 9.80. The molecule has 0 saturated heterocycles. The third kappa shape index (κ3) is 2.23. The van der Waals surface area contributed by atoms with Gasteiger partial charge in [-0.3, -0.25) is 0 Å². The molecule has 26 heavy (non-hydrogen) atoms. The van der Waals surface area contributed by atoms with Crippen LogP contribution in [0.25, 0.3) is 44.5 Å². The van der Waals surface area contributed by atoms with E-state index in [0.29, 0.717) is 0 Å². The van der Waals surface area contributed by atoms with Crippen molar-refractivity contribution >= 4 is 0 Å². The molecule has 1 aliphatic carbocycles. The molecule has 0 fully saturated rings. The maximum absolute atomic E-state index is 2.32. The van der Waals surface area contributed by atoms with Gasteiger partial charge in [-0.15, -0.1) is 0 Å². The van der Waals surface area contributed by atoms with Crippen LogP contribution in [0.2, 0.25) is 0 Å². The van der Waals surface area contributed by atoms with Gasteiger partial charge >= 0.3 is 0 Å². The molecule has 0 heteroatoms. The Balaban J connectivity index is 2.00. The minimum Gasteiger partial charge on any atom is -0.0616 e. The second-order valence-electron chi connectivity index (χ2n) is 7.19. The van der Waals surface area contributed by atoms with Gasteiger partial charge in [0.25, 0.3) is 0 Å². The molecule has 0 radical (unpaired) electrons. The van der Waals surface area contributed by atoms with Crippen molar-refractivity contribution in [3.8, 4) is 44.5 Å². The molecule has 0 unspecified atom stereocenters. The van der Waals surface area contributed by atoms with Crippen LogP contribution < -0.4 is 0 Å². The van der Waals surface area contributed by atoms with Gasteiger partial charge < -0.3 is 0 Å². The quantitative estimate of drug-likeness (QED) is 0.279. The monoisotopic (exact) mass is 332 g/mol. The summed E-state index contributed by atoms with van der Waals surface area (Å²) in [7, 11) is 0. The molecule has 0 aliphatic heterocycles. The fourth-order valence-corrected chi connectivity index (χ4v) is 4.14. The third-order valence-corrected chi connectivity index (χ3v) is 5.36. The topological polar surface area (TPSA) is 0 Å². The van der Waals surface area contributed by atoms with Crippen LogP contribution in [0.5, 0.6) is 0 Å². The zero-order chi connectivity index (χ0) is 17.7. The summed E-state index contributed by atoms with van der Waals surface area (Å²) in [4.78, 5) is 0. The van der Waals surface area contributed by atoms with Crippen molar-refractivity contribution in [2.45, 2.75) is 13.8 Å². The number of hydrogen-bond donors (Lipinski definition) is 0. The predicted molar refractivity (Wildman–Crippen MR) is 111 cm³/mol. The summed E-state index contributed by atoms with van der Waals surface area (Å²) >= 11 is 0. The molecule has 0 aromatic heterocycles. The van der Waals surface area contributed by atoms with E-state index in [-0.39, 0.29) is 0 Å². The molecular weight excluding hydrogens is 312 g/mol. The minimum atomic E-state index is 1.29. The van der Waals surface area contributed by atoms with Crippen molar-refractivity contribution in [2.75, 3.05) is 0 Å². The van der Waals surface area contributed by atoms with Gasteiger partial charge in [0.1, 0.15) is 0 Å². The normalized spacial score (nSPS) is 11.5. The van der Waals surface area contributed by atoms with E-state index >= 15 is 0 Å². The van der Waals surface area contributed by atoms with Crippen molar-refractivity contribution in [3.63, 3.8) is 0 Å². The molecule has 124 valence electrons. The van der Waals surface area contributed by atoms with Crippen molar-refractivity contribution in [2.24, 2.45) is 0 Å². The summed E-state index contributed by atoms with van der Waals surface area (Å²) in [5, 5.41) is 0. The van der Waals surface area contributed by atoms with E-state index in [1.165, 1.54) is 55.6 Å². The summed E-state index contributed by atoms with van der Waals surface area (Å²) < 4.78 is 0. The van der Waals surface area contributed by atoms with Gasteiger partial charge in [0.15, 0.2) is 0 Å². The summed E-state index contributed by atoms with van der Waals surface area (Å²) in [6.07, 6.45) is 0. The van der Waals surface area contributed by atoms with E-state index in [2.05, 4.69) is 98.8 Å². The highest BCUT2D eigenvalue weighted by Crippen LogP contribution is 2.47. The first kappa shape index (κ1) is 15.2. The Kier molecular flexibility index (Phi) is 3.33. The van der Waals surface area contributed by atoms with E-state index < -0.39 is 0 Å². The van der Waals surface area contributed by atoms with Gasteiger partial charge in [0.2, 0.25) is 0 Å². The van der Waals surface area contributed by atoms with E-state index in [0.717, 1.165) is 0 Å². The van der Waals surface area contributed by atoms with Gasteiger partial charge in [0, 0.05) is 0 Å². The highest BCUT2D eigenvalue weighted by molar-refractivity contribution is 6.03. The van der Waals surface area contributed by atoms with Gasteiger partial charge in [-0.05, 0) is 58.4 Å². The third-order valence-electron chi connectivity index (χ3n) is 5.36. The number of hydrogen-bond acceptors (Lipinski definition) is 0. The highest BCUT2D eigenvalue weighted by atomic mass is 14.2. The Hall–Kier alpha value is -3.12. The van der Waals surface area contributed by atoms with Crippen LogP contribution in [-0.4, -0.2) is 0 Å². The standard InChI is InChI=1S/C26H20/c1-17-11-13-23-20-8-4-6-10-22(20)26-16-18(2)12-14-24(26)19-7-3-5-9-21(19)25(23)15-17/h3-16H,1-2H3. The van der Waals surface area contributed by atoms with E-state index in [1.807, 2.05) is 0 Å². The van der Waals surface area contributed by atoms with Crippen molar-refractivity contribution in [3.05, 3.63) is 96.1 Å². The lowest BCUT2D eigenvalue weighted by Crippen LogP contribution is -1.97. The molecule has 0 spiro atoms. The molecule has 0 atom stereocenters. The first-order valence-electron chi connectivity index (χ1n) is 9.13. The van der Waals surface area contributed by atoms with Crippen LogP contribution in [0, 0.1) is 13.8 Å². The Morgan fingerprint density at radius 1 is 0.346 bits per heavy atom. The molecule has 0 N–H and O–H groups in total. The summed E-state index contributed by atoms with van der Waals surface area (Å²) in [6, 6.07) is 31.2.